The van der Waals surface area contributed by atoms with Crippen LogP contribution in [0.5, 0.6) is 0 Å². The number of carbonyl (C=O) groups is 2. The quantitative estimate of drug-likeness (QED) is 0.646. The first kappa shape index (κ1) is 21.2. The van der Waals surface area contributed by atoms with Crippen molar-refractivity contribution < 1.29 is 32.6 Å². The van der Waals surface area contributed by atoms with Gasteiger partial charge in [-0.1, -0.05) is 18.5 Å². The van der Waals surface area contributed by atoms with E-state index in [1.165, 1.54) is 0 Å². The molecule has 11 heteroatoms. The van der Waals surface area contributed by atoms with Crippen molar-refractivity contribution in [3.63, 3.8) is 0 Å². The minimum Gasteiger partial charge on any atom is -0.338 e. The lowest BCUT2D eigenvalue weighted by Crippen LogP contribution is -3.16. The van der Waals surface area contributed by atoms with Gasteiger partial charge < -0.3 is 10.2 Å². The number of aromatic amines is 1. The number of hydrogen-bond acceptors (Lipinski definition) is 3. The second-order valence-electron chi connectivity index (χ2n) is 6.30. The Balaban J connectivity index is 1.85. The fourth-order valence-electron chi connectivity index (χ4n) is 2.77. The number of aromatic nitrogens is 1. The molecule has 0 aromatic carbocycles. The molecule has 0 atom stereocenters. The Morgan fingerprint density at radius 3 is 2.56 bits per heavy atom. The number of alkyl halides is 3. The normalized spacial score (nSPS) is 15.5. The molecule has 2 heterocycles. The van der Waals surface area contributed by atoms with E-state index in [1.54, 1.807) is 0 Å². The van der Waals surface area contributed by atoms with Gasteiger partial charge in [0.1, 0.15) is 37.4 Å². The monoisotopic (exact) mass is 409 g/mol. The first-order chi connectivity index (χ1) is 12.7. The van der Waals surface area contributed by atoms with Crippen LogP contribution < -0.4 is 25.4 Å². The van der Waals surface area contributed by atoms with E-state index in [-0.39, 0.29) is 17.5 Å². The van der Waals surface area contributed by atoms with Gasteiger partial charge in [-0.2, -0.15) is 13.2 Å². The van der Waals surface area contributed by atoms with Gasteiger partial charge in [0.25, 0.3) is 11.7 Å². The molecular formula is C16H23ClF3N5O2+2. The van der Waals surface area contributed by atoms with Gasteiger partial charge in [-0.15, -0.1) is 0 Å². The lowest BCUT2D eigenvalue weighted by atomic mass is 10.2. The molecule has 1 saturated heterocycles. The third-order valence-corrected chi connectivity index (χ3v) is 4.47. The van der Waals surface area contributed by atoms with Gasteiger partial charge in [-0.3, -0.25) is 10.1 Å². The van der Waals surface area contributed by atoms with Crippen LogP contribution in [0, 0.1) is 0 Å². The molecule has 150 valence electrons. The van der Waals surface area contributed by atoms with Crippen LogP contribution in [0.1, 0.15) is 18.9 Å². The topological polar surface area (TPSA) is 80.0 Å². The second kappa shape index (κ2) is 9.23. The summed E-state index contributed by atoms with van der Waals surface area (Å²) in [5, 5.41) is 4.84. The Labute approximate surface area is 159 Å². The van der Waals surface area contributed by atoms with E-state index in [9.17, 15) is 22.8 Å². The van der Waals surface area contributed by atoms with E-state index in [1.807, 2.05) is 11.8 Å². The van der Waals surface area contributed by atoms with Crippen LogP contribution in [0.25, 0.3) is 0 Å². The van der Waals surface area contributed by atoms with Crippen molar-refractivity contribution in [2.75, 3.05) is 44.2 Å². The number of piperazine rings is 1. The number of carbonyl (C=O) groups excluding carboxylic acids is 2. The lowest BCUT2D eigenvalue weighted by Gasteiger charge is -2.28. The van der Waals surface area contributed by atoms with Crippen LogP contribution in [-0.2, 0) is 11.0 Å². The van der Waals surface area contributed by atoms with E-state index in [0.717, 1.165) is 23.6 Å². The average molecular weight is 410 g/mol. The summed E-state index contributed by atoms with van der Waals surface area (Å²) in [4.78, 5) is 28.8. The fraction of sp³-hybridized carbons (Fsp3) is 0.562. The van der Waals surface area contributed by atoms with Gasteiger partial charge >= 0.3 is 12.2 Å². The predicted octanol–water partition coefficient (Wildman–Crippen LogP) is 0.114. The van der Waals surface area contributed by atoms with Crippen LogP contribution in [0.4, 0.5) is 23.8 Å². The third-order valence-electron chi connectivity index (χ3n) is 4.19. The molecule has 27 heavy (non-hydrogen) atoms. The molecule has 0 saturated carbocycles. The minimum absolute atomic E-state index is 0.00128. The maximum Gasteiger partial charge on any atom is 0.419 e. The van der Waals surface area contributed by atoms with Crippen molar-refractivity contribution in [2.45, 2.75) is 19.5 Å². The number of urea groups is 1. The van der Waals surface area contributed by atoms with E-state index in [4.69, 9.17) is 11.6 Å². The SMILES string of the molecule is CCCNC(=O)NC(=O)C[NH+]1CCN(c2[nH+]cc(C(F)(F)F)cc2Cl)CC1. The van der Waals surface area contributed by atoms with Gasteiger partial charge in [0.05, 0.1) is 5.56 Å². The van der Waals surface area contributed by atoms with Gasteiger partial charge in [0.2, 0.25) is 0 Å². The smallest absolute Gasteiger partial charge is 0.338 e. The zero-order chi connectivity index (χ0) is 20.0. The van der Waals surface area contributed by atoms with Crippen molar-refractivity contribution in [1.82, 2.24) is 10.6 Å². The molecule has 4 N–H and O–H groups in total. The number of hydrogen-bond donors (Lipinski definition) is 3. The summed E-state index contributed by atoms with van der Waals surface area (Å²) < 4.78 is 38.1. The zero-order valence-corrected chi connectivity index (χ0v) is 15.6. The Bertz CT molecular complexity index is 679. The highest BCUT2D eigenvalue weighted by Gasteiger charge is 2.35. The minimum atomic E-state index is -4.46. The van der Waals surface area contributed by atoms with Gasteiger partial charge in [0, 0.05) is 6.54 Å². The molecule has 1 aromatic heterocycles. The largest absolute Gasteiger partial charge is 0.419 e. The number of rotatable bonds is 5. The van der Waals surface area contributed by atoms with E-state index in [0.29, 0.717) is 38.5 Å². The maximum absolute atomic E-state index is 12.7. The Morgan fingerprint density at radius 2 is 2.00 bits per heavy atom. The summed E-state index contributed by atoms with van der Waals surface area (Å²) in [7, 11) is 0. The lowest BCUT2D eigenvalue weighted by molar-refractivity contribution is -0.892. The molecule has 1 aromatic rings. The molecule has 0 spiro atoms. The molecular weight excluding hydrogens is 387 g/mol. The van der Waals surface area contributed by atoms with Crippen molar-refractivity contribution in [2.24, 2.45) is 0 Å². The number of halogens is 4. The second-order valence-corrected chi connectivity index (χ2v) is 6.71. The Kier molecular flexibility index (Phi) is 7.25. The molecule has 2 rings (SSSR count). The summed E-state index contributed by atoms with van der Waals surface area (Å²) in [6.45, 7) is 4.78. The zero-order valence-electron chi connectivity index (χ0n) is 14.9. The molecule has 1 aliphatic heterocycles. The Hall–Kier alpha value is -2.07. The number of anilines is 1. The van der Waals surface area contributed by atoms with Crippen LogP contribution in [-0.4, -0.2) is 51.2 Å². The molecule has 3 amide bonds. The van der Waals surface area contributed by atoms with Gasteiger partial charge in [0.15, 0.2) is 6.54 Å². The third kappa shape index (κ3) is 6.24. The number of nitrogens with one attached hydrogen (secondary N) is 4. The van der Waals surface area contributed by atoms with Crippen LogP contribution >= 0.6 is 11.6 Å². The van der Waals surface area contributed by atoms with E-state index >= 15 is 0 Å². The van der Waals surface area contributed by atoms with Gasteiger partial charge in [-0.25, -0.2) is 14.7 Å². The van der Waals surface area contributed by atoms with E-state index < -0.39 is 17.8 Å². The molecule has 7 nitrogen and oxygen atoms in total. The number of nitrogens with zero attached hydrogens (tertiary/aromatic N) is 1. The first-order valence-corrected chi connectivity index (χ1v) is 9.03. The van der Waals surface area contributed by atoms with Crippen LogP contribution in [0.3, 0.4) is 0 Å². The highest BCUT2D eigenvalue weighted by atomic mass is 35.5. The van der Waals surface area contributed by atoms with Crippen LogP contribution in [0.2, 0.25) is 5.02 Å². The molecule has 1 fully saturated rings. The van der Waals surface area contributed by atoms with Crippen LogP contribution in [0.15, 0.2) is 12.3 Å². The summed E-state index contributed by atoms with van der Waals surface area (Å²) in [6, 6.07) is 0.389. The van der Waals surface area contributed by atoms with Crippen molar-refractivity contribution in [3.8, 4) is 0 Å². The Morgan fingerprint density at radius 1 is 1.33 bits per heavy atom. The molecule has 0 bridgehead atoms. The predicted molar refractivity (Wildman–Crippen MR) is 92.6 cm³/mol. The van der Waals surface area contributed by atoms with Gasteiger partial charge in [-0.05, 0) is 12.5 Å². The molecule has 0 unspecified atom stereocenters. The standard InChI is InChI=1S/C16H21ClF3N5O2/c1-2-3-21-15(27)23-13(26)10-24-4-6-25(7-5-24)14-12(17)8-11(9-22-14)16(18,19)20/h8-9H,2-7,10H2,1H3,(H2,21,23,26,27)/p+2. The summed E-state index contributed by atoms with van der Waals surface area (Å²) in [5.41, 5.74) is -0.835. The average Bonchev–Trinajstić information content (AvgIpc) is 2.60. The number of pyridine rings is 1. The summed E-state index contributed by atoms with van der Waals surface area (Å²) in [6.07, 6.45) is -2.79. The molecule has 0 radical (unpaired) electrons. The first-order valence-electron chi connectivity index (χ1n) is 8.65. The number of amides is 3. The van der Waals surface area contributed by atoms with E-state index in [2.05, 4.69) is 15.6 Å². The van der Waals surface area contributed by atoms with Crippen molar-refractivity contribution in [3.05, 3.63) is 22.8 Å². The number of H-pyrrole nitrogens is 1. The highest BCUT2D eigenvalue weighted by Crippen LogP contribution is 2.31. The summed E-state index contributed by atoms with van der Waals surface area (Å²) in [5.74, 6) is 0.0540. The number of quaternary nitrogens is 1. The van der Waals surface area contributed by atoms with Crippen molar-refractivity contribution >= 4 is 29.4 Å². The fourth-order valence-corrected chi connectivity index (χ4v) is 3.06. The summed E-state index contributed by atoms with van der Waals surface area (Å²) >= 11 is 6.00. The molecule has 1 aliphatic rings. The highest BCUT2D eigenvalue weighted by molar-refractivity contribution is 6.32. The number of imide groups is 1. The molecule has 0 aliphatic carbocycles. The van der Waals surface area contributed by atoms with Crippen molar-refractivity contribution in [1.29, 1.82) is 0 Å². The maximum atomic E-state index is 12.7.